The van der Waals surface area contributed by atoms with E-state index in [9.17, 15) is 13.7 Å². The van der Waals surface area contributed by atoms with Crippen LogP contribution in [0.5, 0.6) is 0 Å². The smallest absolute Gasteiger partial charge is 0.128 e. The van der Waals surface area contributed by atoms with Crippen LogP contribution in [0.4, 0.5) is 14.5 Å². The zero-order valence-electron chi connectivity index (χ0n) is 4.84. The van der Waals surface area contributed by atoms with E-state index in [0.717, 1.165) is 12.1 Å². The van der Waals surface area contributed by atoms with Gasteiger partial charge in [-0.05, 0) is 5.18 Å². The van der Waals surface area contributed by atoms with E-state index in [4.69, 9.17) is 0 Å². The van der Waals surface area contributed by atoms with Gasteiger partial charge in [0.2, 0.25) is 0 Å². The molecule has 4 heteroatoms. The lowest BCUT2D eigenvalue weighted by Gasteiger charge is -1.89. The highest BCUT2D eigenvalue weighted by Gasteiger charge is 1.98. The monoisotopic (exact) mass is 143 g/mol. The highest BCUT2D eigenvalue weighted by Crippen LogP contribution is 2.14. The molecule has 0 N–H and O–H groups in total. The van der Waals surface area contributed by atoms with Gasteiger partial charge in [0, 0.05) is 18.2 Å². The van der Waals surface area contributed by atoms with E-state index in [2.05, 4.69) is 5.18 Å². The Bertz CT molecular complexity index is 242. The predicted molar refractivity (Wildman–Crippen MR) is 31.8 cm³/mol. The molecule has 0 saturated heterocycles. The molecule has 0 bridgehead atoms. The van der Waals surface area contributed by atoms with Gasteiger partial charge in [-0.2, -0.15) is 0 Å². The fraction of sp³-hybridized carbons (Fsp3) is 0. The Morgan fingerprint density at radius 1 is 1.10 bits per heavy atom. The molecule has 10 heavy (non-hydrogen) atoms. The molecule has 0 saturated carbocycles. The fourth-order valence-electron chi connectivity index (χ4n) is 0.592. The first kappa shape index (κ1) is 6.80. The van der Waals surface area contributed by atoms with E-state index >= 15 is 0 Å². The third-order valence-electron chi connectivity index (χ3n) is 0.953. The summed E-state index contributed by atoms with van der Waals surface area (Å²) in [6.07, 6.45) is 0. The van der Waals surface area contributed by atoms with Crippen molar-refractivity contribution in [2.45, 2.75) is 0 Å². The van der Waals surface area contributed by atoms with Crippen LogP contribution in [-0.2, 0) is 0 Å². The Morgan fingerprint density at radius 2 is 1.60 bits per heavy atom. The van der Waals surface area contributed by atoms with Crippen molar-refractivity contribution in [3.05, 3.63) is 34.7 Å². The first-order valence-electron chi connectivity index (χ1n) is 2.52. The van der Waals surface area contributed by atoms with Crippen LogP contribution in [0.2, 0.25) is 0 Å². The van der Waals surface area contributed by atoms with Crippen LogP contribution < -0.4 is 0 Å². The molecule has 0 radical (unpaired) electrons. The molecule has 0 amide bonds. The van der Waals surface area contributed by atoms with Crippen LogP contribution in [0.1, 0.15) is 0 Å². The van der Waals surface area contributed by atoms with Crippen LogP contribution in [0.25, 0.3) is 0 Å². The third-order valence-corrected chi connectivity index (χ3v) is 0.953. The standard InChI is InChI=1S/C6H3F2NO/c7-4-1-5(8)3-6(2-4)9-10/h1-3H. The lowest BCUT2D eigenvalue weighted by Crippen LogP contribution is -1.76. The van der Waals surface area contributed by atoms with E-state index in [1.54, 1.807) is 0 Å². The van der Waals surface area contributed by atoms with Gasteiger partial charge < -0.3 is 0 Å². The summed E-state index contributed by atoms with van der Waals surface area (Å²) in [5.41, 5.74) is -0.238. The quantitative estimate of drug-likeness (QED) is 0.555. The van der Waals surface area contributed by atoms with Crippen molar-refractivity contribution in [3.63, 3.8) is 0 Å². The second-order valence-corrected chi connectivity index (χ2v) is 1.72. The second kappa shape index (κ2) is 2.51. The van der Waals surface area contributed by atoms with Gasteiger partial charge in [-0.1, -0.05) is 0 Å². The van der Waals surface area contributed by atoms with E-state index in [1.807, 2.05) is 0 Å². The number of halogens is 2. The molecule has 0 unspecified atom stereocenters. The molecule has 1 rings (SSSR count). The average Bonchev–Trinajstić information content (AvgIpc) is 1.85. The SMILES string of the molecule is O=Nc1cc(F)cc(F)c1. The van der Waals surface area contributed by atoms with Gasteiger partial charge in [0.15, 0.2) is 0 Å². The van der Waals surface area contributed by atoms with Gasteiger partial charge in [0.05, 0.1) is 0 Å². The van der Waals surface area contributed by atoms with Gasteiger partial charge in [-0.3, -0.25) is 0 Å². The minimum absolute atomic E-state index is 0.238. The van der Waals surface area contributed by atoms with Gasteiger partial charge in [0.1, 0.15) is 17.3 Å². The normalized spacial score (nSPS) is 9.40. The molecule has 1 aromatic carbocycles. The third kappa shape index (κ3) is 1.34. The minimum atomic E-state index is -0.797. The Kier molecular flexibility index (Phi) is 1.71. The summed E-state index contributed by atoms with van der Waals surface area (Å²) >= 11 is 0. The second-order valence-electron chi connectivity index (χ2n) is 1.72. The molecular weight excluding hydrogens is 140 g/mol. The zero-order valence-corrected chi connectivity index (χ0v) is 4.84. The van der Waals surface area contributed by atoms with Crippen LogP contribution in [0.15, 0.2) is 23.4 Å². The summed E-state index contributed by atoms with van der Waals surface area (Å²) in [5, 5.41) is 2.36. The van der Waals surface area contributed by atoms with E-state index in [1.165, 1.54) is 0 Å². The summed E-state index contributed by atoms with van der Waals surface area (Å²) in [4.78, 5) is 9.73. The van der Waals surface area contributed by atoms with Crippen LogP contribution in [0.3, 0.4) is 0 Å². The summed E-state index contributed by atoms with van der Waals surface area (Å²) < 4.78 is 24.4. The highest BCUT2D eigenvalue weighted by molar-refractivity contribution is 5.36. The Hall–Kier alpha value is -1.32. The Balaban J connectivity index is 3.18. The molecule has 2 nitrogen and oxygen atoms in total. The summed E-state index contributed by atoms with van der Waals surface area (Å²) in [6, 6.07) is 2.39. The predicted octanol–water partition coefficient (Wildman–Crippen LogP) is 2.36. The summed E-state index contributed by atoms with van der Waals surface area (Å²) in [7, 11) is 0. The summed E-state index contributed by atoms with van der Waals surface area (Å²) in [6.45, 7) is 0. The van der Waals surface area contributed by atoms with Gasteiger partial charge in [-0.25, -0.2) is 8.78 Å². The van der Waals surface area contributed by atoms with Crippen molar-refractivity contribution >= 4 is 5.69 Å². The molecule has 0 heterocycles. The van der Waals surface area contributed by atoms with Crippen molar-refractivity contribution in [1.29, 1.82) is 0 Å². The molecule has 0 aliphatic rings. The number of nitrogens with zero attached hydrogens (tertiary/aromatic N) is 1. The van der Waals surface area contributed by atoms with Gasteiger partial charge >= 0.3 is 0 Å². The van der Waals surface area contributed by atoms with Gasteiger partial charge in [-0.15, -0.1) is 4.91 Å². The van der Waals surface area contributed by atoms with Crippen LogP contribution in [0, 0.1) is 16.5 Å². The molecule has 0 aliphatic carbocycles. The van der Waals surface area contributed by atoms with Crippen molar-refractivity contribution < 1.29 is 8.78 Å². The van der Waals surface area contributed by atoms with E-state index in [0.29, 0.717) is 6.07 Å². The summed E-state index contributed by atoms with van der Waals surface area (Å²) in [5.74, 6) is -1.59. The molecular formula is C6H3F2NO. The Morgan fingerprint density at radius 3 is 2.00 bits per heavy atom. The average molecular weight is 143 g/mol. The number of benzene rings is 1. The number of nitroso groups, excluding NO2 is 1. The number of rotatable bonds is 1. The van der Waals surface area contributed by atoms with Gasteiger partial charge in [0.25, 0.3) is 0 Å². The van der Waals surface area contributed by atoms with E-state index < -0.39 is 11.6 Å². The van der Waals surface area contributed by atoms with Crippen molar-refractivity contribution in [1.82, 2.24) is 0 Å². The molecule has 1 aromatic rings. The van der Waals surface area contributed by atoms with Crippen molar-refractivity contribution in [2.75, 3.05) is 0 Å². The molecule has 52 valence electrons. The largest absolute Gasteiger partial charge is 0.207 e. The fourth-order valence-corrected chi connectivity index (χ4v) is 0.592. The minimum Gasteiger partial charge on any atom is -0.207 e. The number of hydrogen-bond acceptors (Lipinski definition) is 2. The molecule has 0 fully saturated rings. The first-order valence-corrected chi connectivity index (χ1v) is 2.52. The lowest BCUT2D eigenvalue weighted by molar-refractivity contribution is 0.584. The van der Waals surface area contributed by atoms with Crippen LogP contribution >= 0.6 is 0 Å². The Labute approximate surface area is 55.5 Å². The van der Waals surface area contributed by atoms with Crippen LogP contribution in [-0.4, -0.2) is 0 Å². The molecule has 0 aromatic heterocycles. The van der Waals surface area contributed by atoms with Crippen molar-refractivity contribution in [3.8, 4) is 0 Å². The number of hydrogen-bond donors (Lipinski definition) is 0. The van der Waals surface area contributed by atoms with E-state index in [-0.39, 0.29) is 5.69 Å². The lowest BCUT2D eigenvalue weighted by atomic mass is 10.3. The molecule has 0 spiro atoms. The maximum absolute atomic E-state index is 12.2. The first-order chi connectivity index (χ1) is 4.72. The topological polar surface area (TPSA) is 29.4 Å². The molecule has 0 aliphatic heterocycles. The molecule has 0 atom stereocenters. The van der Waals surface area contributed by atoms with Crippen molar-refractivity contribution in [2.24, 2.45) is 5.18 Å². The maximum Gasteiger partial charge on any atom is 0.128 e. The maximum atomic E-state index is 12.2. The zero-order chi connectivity index (χ0) is 7.56. The highest BCUT2D eigenvalue weighted by atomic mass is 19.1.